The first kappa shape index (κ1) is 15.7. The molecule has 1 saturated heterocycles. The maximum absolute atomic E-state index is 11.1. The van der Waals surface area contributed by atoms with Crippen LogP contribution in [-0.4, -0.2) is 33.6 Å². The van der Waals surface area contributed by atoms with Gasteiger partial charge < -0.3 is 14.9 Å². The maximum atomic E-state index is 11.1. The Hall–Kier alpha value is -0.560. The summed E-state index contributed by atoms with van der Waals surface area (Å²) in [6.45, 7) is 4.67. The molecule has 1 spiro atoms. The van der Waals surface area contributed by atoms with Gasteiger partial charge >= 0.3 is 0 Å². The number of fused-ring (bicyclic) bond motifs is 4. The maximum Gasteiger partial charge on any atom is 0.130 e. The SMILES string of the molecule is C#C[C@]1(O)CCC2C3C[C@@H]4O[C@@]45CC(O)CCC5(C)C3CCC21C. The molecule has 0 aromatic heterocycles. The van der Waals surface area contributed by atoms with Crippen molar-refractivity contribution in [3.63, 3.8) is 0 Å². The van der Waals surface area contributed by atoms with E-state index >= 15 is 0 Å². The Balaban J connectivity index is 1.52. The minimum Gasteiger partial charge on any atom is -0.393 e. The first-order valence-corrected chi connectivity index (χ1v) is 9.86. The molecule has 0 aromatic carbocycles. The summed E-state index contributed by atoms with van der Waals surface area (Å²) in [6, 6.07) is 0. The van der Waals surface area contributed by atoms with Crippen LogP contribution in [0.2, 0.25) is 0 Å². The average molecular weight is 330 g/mol. The second-order valence-corrected chi connectivity index (χ2v) is 9.92. The minimum atomic E-state index is -0.925. The molecule has 3 nitrogen and oxygen atoms in total. The lowest BCUT2D eigenvalue weighted by Gasteiger charge is -2.59. The van der Waals surface area contributed by atoms with E-state index in [2.05, 4.69) is 19.8 Å². The summed E-state index contributed by atoms with van der Waals surface area (Å²) in [5.41, 5.74) is -0.924. The second-order valence-electron chi connectivity index (χ2n) is 9.92. The average Bonchev–Trinajstić information content (AvgIpc) is 3.17. The van der Waals surface area contributed by atoms with E-state index in [-0.39, 0.29) is 22.5 Å². The number of rotatable bonds is 0. The molecule has 5 fully saturated rings. The lowest BCUT2D eigenvalue weighted by molar-refractivity contribution is -0.133. The van der Waals surface area contributed by atoms with E-state index in [1.54, 1.807) is 0 Å². The third kappa shape index (κ3) is 1.53. The smallest absolute Gasteiger partial charge is 0.130 e. The fourth-order valence-corrected chi connectivity index (χ4v) is 7.91. The van der Waals surface area contributed by atoms with Crippen molar-refractivity contribution in [2.45, 2.75) is 88.6 Å². The van der Waals surface area contributed by atoms with E-state index in [9.17, 15) is 10.2 Å². The van der Waals surface area contributed by atoms with Crippen LogP contribution in [-0.2, 0) is 4.74 Å². The molecule has 5 rings (SSSR count). The predicted octanol–water partition coefficient (Wildman–Crippen LogP) is 2.89. The van der Waals surface area contributed by atoms with Crippen LogP contribution in [0.15, 0.2) is 0 Å². The standard InChI is InChI=1S/C21H30O3/c1-4-20(23)10-7-15-14-11-17-21(24-17)12-13(22)5-8-19(21,3)16(14)6-9-18(15,20)2/h1,13-17,22-23H,5-12H2,2-3H3/t13?,14?,15?,16?,17-,18?,19?,20-,21-/m0/s1. The molecule has 0 bridgehead atoms. The van der Waals surface area contributed by atoms with Gasteiger partial charge in [0.15, 0.2) is 0 Å². The molecule has 1 aliphatic heterocycles. The van der Waals surface area contributed by atoms with Gasteiger partial charge in [0, 0.05) is 17.3 Å². The Bertz CT molecular complexity index is 625. The van der Waals surface area contributed by atoms with Gasteiger partial charge in [-0.15, -0.1) is 6.42 Å². The topological polar surface area (TPSA) is 53.0 Å². The molecule has 132 valence electrons. The van der Waals surface area contributed by atoms with Crippen LogP contribution in [0.1, 0.15) is 65.2 Å². The lowest BCUT2D eigenvalue weighted by atomic mass is 9.44. The first-order valence-electron chi connectivity index (χ1n) is 9.86. The number of hydrogen-bond acceptors (Lipinski definition) is 3. The van der Waals surface area contributed by atoms with Crippen molar-refractivity contribution >= 4 is 0 Å². The molecule has 2 N–H and O–H groups in total. The zero-order valence-corrected chi connectivity index (χ0v) is 14.9. The molecule has 24 heavy (non-hydrogen) atoms. The van der Waals surface area contributed by atoms with Gasteiger partial charge in [-0.2, -0.15) is 0 Å². The number of aliphatic hydroxyl groups excluding tert-OH is 1. The van der Waals surface area contributed by atoms with Gasteiger partial charge in [-0.05, 0) is 62.7 Å². The Labute approximate surface area is 145 Å². The van der Waals surface area contributed by atoms with Crippen LogP contribution in [0, 0.1) is 40.9 Å². The quantitative estimate of drug-likeness (QED) is 0.530. The Morgan fingerprint density at radius 1 is 1.04 bits per heavy atom. The Morgan fingerprint density at radius 2 is 1.71 bits per heavy atom. The molecule has 3 heteroatoms. The summed E-state index contributed by atoms with van der Waals surface area (Å²) in [7, 11) is 0. The molecule has 4 aliphatic carbocycles. The van der Waals surface area contributed by atoms with Crippen molar-refractivity contribution in [1.82, 2.24) is 0 Å². The highest BCUT2D eigenvalue weighted by Crippen LogP contribution is 2.74. The van der Waals surface area contributed by atoms with Gasteiger partial charge in [0.05, 0.1) is 12.2 Å². The highest BCUT2D eigenvalue weighted by atomic mass is 16.6. The number of ether oxygens (including phenoxy) is 1. The van der Waals surface area contributed by atoms with E-state index in [0.717, 1.165) is 51.4 Å². The van der Waals surface area contributed by atoms with Crippen molar-refractivity contribution < 1.29 is 14.9 Å². The molecule has 9 atom stereocenters. The van der Waals surface area contributed by atoms with Crippen LogP contribution < -0.4 is 0 Å². The summed E-state index contributed by atoms with van der Waals surface area (Å²) in [5, 5.41) is 21.3. The molecule has 0 aromatic rings. The van der Waals surface area contributed by atoms with Crippen LogP contribution in [0.5, 0.6) is 0 Å². The van der Waals surface area contributed by atoms with E-state index in [1.165, 1.54) is 0 Å². The molecule has 5 aliphatic rings. The van der Waals surface area contributed by atoms with Crippen LogP contribution in [0.4, 0.5) is 0 Å². The molecule has 1 heterocycles. The highest BCUT2D eigenvalue weighted by Gasteiger charge is 2.76. The molecular weight excluding hydrogens is 300 g/mol. The first-order chi connectivity index (χ1) is 11.3. The zero-order chi connectivity index (χ0) is 17.0. The van der Waals surface area contributed by atoms with Crippen molar-refractivity contribution in [1.29, 1.82) is 0 Å². The van der Waals surface area contributed by atoms with Gasteiger partial charge in [0.1, 0.15) is 11.2 Å². The normalized spacial score (nSPS) is 64.2. The van der Waals surface area contributed by atoms with Crippen molar-refractivity contribution in [3.05, 3.63) is 0 Å². The Morgan fingerprint density at radius 3 is 2.46 bits per heavy atom. The van der Waals surface area contributed by atoms with Gasteiger partial charge in [0.25, 0.3) is 0 Å². The van der Waals surface area contributed by atoms with Crippen LogP contribution >= 0.6 is 0 Å². The molecule has 4 saturated carbocycles. The van der Waals surface area contributed by atoms with E-state index in [4.69, 9.17) is 11.2 Å². The molecule has 6 unspecified atom stereocenters. The van der Waals surface area contributed by atoms with E-state index in [1.807, 2.05) is 0 Å². The van der Waals surface area contributed by atoms with E-state index in [0.29, 0.717) is 23.9 Å². The summed E-state index contributed by atoms with van der Waals surface area (Å²) in [6.07, 6.45) is 13.8. The van der Waals surface area contributed by atoms with Crippen molar-refractivity contribution in [2.24, 2.45) is 28.6 Å². The monoisotopic (exact) mass is 330 g/mol. The minimum absolute atomic E-state index is 0.0550. The zero-order valence-electron chi connectivity index (χ0n) is 14.9. The van der Waals surface area contributed by atoms with Crippen molar-refractivity contribution in [2.75, 3.05) is 0 Å². The lowest BCUT2D eigenvalue weighted by Crippen LogP contribution is -2.60. The third-order valence-electron chi connectivity index (χ3n) is 9.45. The Kier molecular flexibility index (Phi) is 2.87. The van der Waals surface area contributed by atoms with Crippen LogP contribution in [0.3, 0.4) is 0 Å². The van der Waals surface area contributed by atoms with Crippen molar-refractivity contribution in [3.8, 4) is 12.3 Å². The fourth-order valence-electron chi connectivity index (χ4n) is 7.91. The largest absolute Gasteiger partial charge is 0.393 e. The third-order valence-corrected chi connectivity index (χ3v) is 9.45. The summed E-state index contributed by atoms with van der Waals surface area (Å²) in [4.78, 5) is 0. The van der Waals surface area contributed by atoms with Gasteiger partial charge in [-0.25, -0.2) is 0 Å². The number of epoxide rings is 1. The number of hydrogen-bond donors (Lipinski definition) is 2. The summed E-state index contributed by atoms with van der Waals surface area (Å²) < 4.78 is 6.33. The highest BCUT2D eigenvalue weighted by molar-refractivity contribution is 5.28. The number of aliphatic hydroxyl groups is 2. The van der Waals surface area contributed by atoms with Gasteiger partial charge in [0.2, 0.25) is 0 Å². The summed E-state index contributed by atoms with van der Waals surface area (Å²) >= 11 is 0. The summed E-state index contributed by atoms with van der Waals surface area (Å²) in [5.74, 6) is 4.55. The number of terminal acetylenes is 1. The molecule has 0 amide bonds. The molecule has 0 radical (unpaired) electrons. The van der Waals surface area contributed by atoms with Gasteiger partial charge in [-0.1, -0.05) is 19.8 Å². The predicted molar refractivity (Wildman–Crippen MR) is 91.0 cm³/mol. The second kappa shape index (κ2) is 4.40. The van der Waals surface area contributed by atoms with Gasteiger partial charge in [-0.3, -0.25) is 0 Å². The molecular formula is C21H30O3. The van der Waals surface area contributed by atoms with Crippen LogP contribution in [0.25, 0.3) is 0 Å². The van der Waals surface area contributed by atoms with E-state index < -0.39 is 5.60 Å². The fraction of sp³-hybridized carbons (Fsp3) is 0.905.